The second-order valence-corrected chi connectivity index (χ2v) is 3.55. The van der Waals surface area contributed by atoms with E-state index in [1.54, 1.807) is 0 Å². The number of rotatable bonds is 3. The van der Waals surface area contributed by atoms with Crippen LogP contribution in [-0.2, 0) is 14.3 Å². The van der Waals surface area contributed by atoms with Crippen molar-refractivity contribution in [1.29, 1.82) is 0 Å². The van der Waals surface area contributed by atoms with Crippen molar-refractivity contribution < 1.29 is 24.5 Å². The molecule has 1 aliphatic carbocycles. The van der Waals surface area contributed by atoms with Gasteiger partial charge in [-0.05, 0) is 12.8 Å². The molecule has 2 N–H and O–H groups in total. The van der Waals surface area contributed by atoms with Gasteiger partial charge < -0.3 is 19.7 Å². The van der Waals surface area contributed by atoms with Gasteiger partial charge in [0.15, 0.2) is 6.29 Å². The van der Waals surface area contributed by atoms with E-state index in [1.807, 2.05) is 0 Å². The van der Waals surface area contributed by atoms with Crippen LogP contribution in [0.3, 0.4) is 0 Å². The number of aliphatic hydroxyl groups is 2. The summed E-state index contributed by atoms with van der Waals surface area (Å²) >= 11 is 0. The van der Waals surface area contributed by atoms with Gasteiger partial charge in [0.1, 0.15) is 0 Å². The molecular weight excluding hydrogens is 188 g/mol. The summed E-state index contributed by atoms with van der Waals surface area (Å²) in [6, 6.07) is 0. The Hall–Kier alpha value is -0.650. The third-order valence-corrected chi connectivity index (χ3v) is 2.70. The molecule has 0 radical (unpaired) electrons. The van der Waals surface area contributed by atoms with E-state index < -0.39 is 24.3 Å². The molecule has 0 amide bonds. The second kappa shape index (κ2) is 4.72. The van der Waals surface area contributed by atoms with Crippen LogP contribution in [0.25, 0.3) is 0 Å². The highest BCUT2D eigenvalue weighted by Gasteiger charge is 2.42. The zero-order valence-electron chi connectivity index (χ0n) is 8.34. The summed E-state index contributed by atoms with van der Waals surface area (Å²) in [5, 5.41) is 18.8. The number of hydrogen-bond acceptors (Lipinski definition) is 5. The summed E-state index contributed by atoms with van der Waals surface area (Å²) < 4.78 is 9.33. The molecule has 1 unspecified atom stereocenters. The first kappa shape index (κ1) is 11.4. The maximum absolute atomic E-state index is 11.3. The molecule has 1 rings (SSSR count). The Morgan fingerprint density at radius 3 is 2.57 bits per heavy atom. The molecule has 0 aromatic heterocycles. The molecule has 0 spiro atoms. The molecule has 4 atom stereocenters. The van der Waals surface area contributed by atoms with Crippen LogP contribution in [0.15, 0.2) is 0 Å². The topological polar surface area (TPSA) is 76.0 Å². The van der Waals surface area contributed by atoms with Gasteiger partial charge in [0, 0.05) is 13.0 Å². The van der Waals surface area contributed by atoms with Gasteiger partial charge in [0.05, 0.1) is 19.1 Å². The molecule has 14 heavy (non-hydrogen) atoms. The van der Waals surface area contributed by atoms with E-state index in [9.17, 15) is 15.0 Å². The summed E-state index contributed by atoms with van der Waals surface area (Å²) in [4.78, 5) is 11.3. The van der Waals surface area contributed by atoms with Gasteiger partial charge in [-0.1, -0.05) is 0 Å². The molecule has 0 bridgehead atoms. The first-order chi connectivity index (χ1) is 6.60. The van der Waals surface area contributed by atoms with Crippen LogP contribution in [-0.4, -0.2) is 42.8 Å². The molecular formula is C9H16O5. The smallest absolute Gasteiger partial charge is 0.309 e. The summed E-state index contributed by atoms with van der Waals surface area (Å²) in [7, 11) is 2.66. The number of methoxy groups -OCH3 is 2. The molecule has 1 saturated carbocycles. The minimum atomic E-state index is -1.02. The maximum Gasteiger partial charge on any atom is 0.309 e. The van der Waals surface area contributed by atoms with Crippen molar-refractivity contribution in [2.75, 3.05) is 14.2 Å². The number of hydrogen-bond donors (Lipinski definition) is 2. The Morgan fingerprint density at radius 2 is 2.07 bits per heavy atom. The fraction of sp³-hybridized carbons (Fsp3) is 0.889. The second-order valence-electron chi connectivity index (χ2n) is 3.55. The molecule has 0 saturated heterocycles. The molecule has 0 aromatic carbocycles. The predicted molar refractivity (Wildman–Crippen MR) is 47.3 cm³/mol. The van der Waals surface area contributed by atoms with Crippen molar-refractivity contribution in [3.63, 3.8) is 0 Å². The monoisotopic (exact) mass is 204 g/mol. The SMILES string of the molecule is COC(=O)[C@@H]1C[C@@H](O)C[C@H]1C(O)OC. The Balaban J connectivity index is 2.67. The Labute approximate surface area is 82.6 Å². The standard InChI is InChI=1S/C9H16O5/c1-13-8(11)6-3-5(10)4-7(6)9(12)14-2/h5-8,10-11H,3-4H2,1-2H3/t5-,6+,7+,8?/m0/s1. The van der Waals surface area contributed by atoms with E-state index in [2.05, 4.69) is 4.74 Å². The van der Waals surface area contributed by atoms with Crippen LogP contribution in [0.1, 0.15) is 12.8 Å². The van der Waals surface area contributed by atoms with E-state index in [0.717, 1.165) is 0 Å². The van der Waals surface area contributed by atoms with Gasteiger partial charge in [-0.2, -0.15) is 0 Å². The van der Waals surface area contributed by atoms with Crippen molar-refractivity contribution in [1.82, 2.24) is 0 Å². The molecule has 0 heterocycles. The van der Waals surface area contributed by atoms with Crippen LogP contribution in [0.4, 0.5) is 0 Å². The third kappa shape index (κ3) is 2.23. The maximum atomic E-state index is 11.3. The lowest BCUT2D eigenvalue weighted by molar-refractivity contribution is -0.158. The largest absolute Gasteiger partial charge is 0.469 e. The van der Waals surface area contributed by atoms with Gasteiger partial charge in [-0.15, -0.1) is 0 Å². The number of carbonyl (C=O) groups excluding carboxylic acids is 1. The van der Waals surface area contributed by atoms with Gasteiger partial charge in [0.2, 0.25) is 0 Å². The first-order valence-electron chi connectivity index (χ1n) is 4.57. The van der Waals surface area contributed by atoms with Crippen molar-refractivity contribution in [3.05, 3.63) is 0 Å². The third-order valence-electron chi connectivity index (χ3n) is 2.70. The Bertz CT molecular complexity index is 205. The average molecular weight is 204 g/mol. The lowest BCUT2D eigenvalue weighted by Gasteiger charge is -2.21. The molecule has 0 aromatic rings. The quantitative estimate of drug-likeness (QED) is 0.479. The number of aliphatic hydroxyl groups excluding tert-OH is 2. The zero-order chi connectivity index (χ0) is 10.7. The minimum Gasteiger partial charge on any atom is -0.469 e. The summed E-state index contributed by atoms with van der Waals surface area (Å²) in [5.74, 6) is -1.24. The predicted octanol–water partition coefficient (Wildman–Crippen LogP) is -0.489. The van der Waals surface area contributed by atoms with Crippen molar-refractivity contribution in [3.8, 4) is 0 Å². The Kier molecular flexibility index (Phi) is 3.86. The number of ether oxygens (including phenoxy) is 2. The minimum absolute atomic E-state index is 0.331. The Morgan fingerprint density at radius 1 is 1.43 bits per heavy atom. The molecule has 1 fully saturated rings. The van der Waals surface area contributed by atoms with Crippen molar-refractivity contribution in [2.24, 2.45) is 11.8 Å². The van der Waals surface area contributed by atoms with E-state index in [1.165, 1.54) is 14.2 Å². The summed E-state index contributed by atoms with van der Waals surface area (Å²) in [6.45, 7) is 0. The summed E-state index contributed by atoms with van der Waals surface area (Å²) in [5.41, 5.74) is 0. The molecule has 0 aliphatic heterocycles. The highest BCUT2D eigenvalue weighted by molar-refractivity contribution is 5.73. The van der Waals surface area contributed by atoms with Crippen LogP contribution >= 0.6 is 0 Å². The highest BCUT2D eigenvalue weighted by atomic mass is 16.6. The zero-order valence-corrected chi connectivity index (χ0v) is 8.34. The lowest BCUT2D eigenvalue weighted by Crippen LogP contribution is -2.30. The summed E-state index contributed by atoms with van der Waals surface area (Å²) in [6.07, 6.45) is -0.878. The van der Waals surface area contributed by atoms with E-state index in [0.29, 0.717) is 12.8 Å². The van der Waals surface area contributed by atoms with E-state index in [-0.39, 0.29) is 5.92 Å². The lowest BCUT2D eigenvalue weighted by atomic mass is 9.96. The fourth-order valence-corrected chi connectivity index (χ4v) is 1.95. The molecule has 82 valence electrons. The van der Waals surface area contributed by atoms with E-state index in [4.69, 9.17) is 4.74 Å². The molecule has 5 nitrogen and oxygen atoms in total. The first-order valence-corrected chi connectivity index (χ1v) is 4.57. The van der Waals surface area contributed by atoms with Crippen molar-refractivity contribution >= 4 is 5.97 Å². The molecule has 1 aliphatic rings. The van der Waals surface area contributed by atoms with Gasteiger partial charge >= 0.3 is 5.97 Å². The fourth-order valence-electron chi connectivity index (χ4n) is 1.95. The van der Waals surface area contributed by atoms with Gasteiger partial charge in [-0.3, -0.25) is 4.79 Å². The van der Waals surface area contributed by atoms with Crippen LogP contribution in [0.5, 0.6) is 0 Å². The van der Waals surface area contributed by atoms with Crippen molar-refractivity contribution in [2.45, 2.75) is 25.2 Å². The van der Waals surface area contributed by atoms with Crippen LogP contribution < -0.4 is 0 Å². The highest BCUT2D eigenvalue weighted by Crippen LogP contribution is 2.35. The number of esters is 1. The van der Waals surface area contributed by atoms with Crippen LogP contribution in [0.2, 0.25) is 0 Å². The molecule has 5 heteroatoms. The van der Waals surface area contributed by atoms with E-state index >= 15 is 0 Å². The van der Waals surface area contributed by atoms with Crippen LogP contribution in [0, 0.1) is 11.8 Å². The normalized spacial score (nSPS) is 34.1. The van der Waals surface area contributed by atoms with Gasteiger partial charge in [0.25, 0.3) is 0 Å². The number of carbonyl (C=O) groups is 1. The van der Waals surface area contributed by atoms with Gasteiger partial charge in [-0.25, -0.2) is 0 Å². The average Bonchev–Trinajstić information content (AvgIpc) is 2.58.